The van der Waals surface area contributed by atoms with Gasteiger partial charge in [-0.25, -0.2) is 0 Å². The highest BCUT2D eigenvalue weighted by atomic mass is 32.1. The molecular weight excluding hydrogens is 220 g/mol. The lowest BCUT2D eigenvalue weighted by atomic mass is 10.1. The van der Waals surface area contributed by atoms with Crippen LogP contribution in [0.4, 0.5) is 0 Å². The van der Waals surface area contributed by atoms with Gasteiger partial charge in [-0.15, -0.1) is 0 Å². The van der Waals surface area contributed by atoms with Crippen LogP contribution in [0.2, 0.25) is 0 Å². The second kappa shape index (κ2) is 7.85. The third kappa shape index (κ3) is 5.66. The molecule has 3 nitrogen and oxygen atoms in total. The Morgan fingerprint density at radius 3 is 2.81 bits per heavy atom. The van der Waals surface area contributed by atoms with Crippen LogP contribution in [0.25, 0.3) is 0 Å². The van der Waals surface area contributed by atoms with Gasteiger partial charge >= 0.3 is 0 Å². The minimum Gasteiger partial charge on any atom is -0.385 e. The highest BCUT2D eigenvalue weighted by Crippen LogP contribution is 2.29. The van der Waals surface area contributed by atoms with E-state index >= 15 is 0 Å². The molecule has 1 saturated carbocycles. The molecule has 2 atom stereocenters. The van der Waals surface area contributed by atoms with Crippen molar-refractivity contribution in [2.24, 2.45) is 11.8 Å². The van der Waals surface area contributed by atoms with Gasteiger partial charge in [-0.2, -0.15) is 0 Å². The SMILES string of the molecule is COCCCNC(=S)NCC1CCC(C)C1. The zero-order valence-corrected chi connectivity index (χ0v) is 11.2. The number of rotatable bonds is 6. The van der Waals surface area contributed by atoms with Crippen LogP contribution in [0.3, 0.4) is 0 Å². The van der Waals surface area contributed by atoms with Crippen molar-refractivity contribution in [1.82, 2.24) is 10.6 Å². The molecule has 16 heavy (non-hydrogen) atoms. The zero-order valence-electron chi connectivity index (χ0n) is 10.4. The number of methoxy groups -OCH3 is 1. The summed E-state index contributed by atoms with van der Waals surface area (Å²) in [6, 6.07) is 0. The molecule has 1 fully saturated rings. The van der Waals surface area contributed by atoms with E-state index in [0.717, 1.165) is 43.1 Å². The minimum absolute atomic E-state index is 0.787. The summed E-state index contributed by atoms with van der Waals surface area (Å²) in [5, 5.41) is 7.28. The first-order valence-corrected chi connectivity index (χ1v) is 6.63. The fourth-order valence-electron chi connectivity index (χ4n) is 2.23. The van der Waals surface area contributed by atoms with E-state index in [9.17, 15) is 0 Å². The summed E-state index contributed by atoms with van der Waals surface area (Å²) in [7, 11) is 1.72. The molecule has 4 heteroatoms. The highest BCUT2D eigenvalue weighted by Gasteiger charge is 2.20. The largest absolute Gasteiger partial charge is 0.385 e. The lowest BCUT2D eigenvalue weighted by molar-refractivity contribution is 0.195. The summed E-state index contributed by atoms with van der Waals surface area (Å²) in [4.78, 5) is 0. The van der Waals surface area contributed by atoms with Crippen LogP contribution in [0, 0.1) is 11.8 Å². The third-order valence-electron chi connectivity index (χ3n) is 3.17. The van der Waals surface area contributed by atoms with Crippen molar-refractivity contribution >= 4 is 17.3 Å². The second-order valence-corrected chi connectivity index (χ2v) is 5.18. The van der Waals surface area contributed by atoms with E-state index in [1.54, 1.807) is 7.11 Å². The number of nitrogens with one attached hydrogen (secondary N) is 2. The molecule has 0 aromatic carbocycles. The van der Waals surface area contributed by atoms with Gasteiger partial charge < -0.3 is 15.4 Å². The maximum atomic E-state index is 5.20. The fraction of sp³-hybridized carbons (Fsp3) is 0.917. The average Bonchev–Trinajstić information content (AvgIpc) is 2.68. The predicted octanol–water partition coefficient (Wildman–Crippen LogP) is 1.92. The molecule has 0 aromatic heterocycles. The van der Waals surface area contributed by atoms with Crippen LogP contribution in [0.15, 0.2) is 0 Å². The van der Waals surface area contributed by atoms with Crippen molar-refractivity contribution in [3.05, 3.63) is 0 Å². The van der Waals surface area contributed by atoms with E-state index < -0.39 is 0 Å². The van der Waals surface area contributed by atoms with Gasteiger partial charge in [0.1, 0.15) is 0 Å². The van der Waals surface area contributed by atoms with Crippen molar-refractivity contribution in [3.8, 4) is 0 Å². The second-order valence-electron chi connectivity index (χ2n) is 4.77. The maximum Gasteiger partial charge on any atom is 0.166 e. The Morgan fingerprint density at radius 2 is 2.19 bits per heavy atom. The van der Waals surface area contributed by atoms with Gasteiger partial charge in [-0.05, 0) is 43.3 Å². The van der Waals surface area contributed by atoms with Crippen LogP contribution in [-0.4, -0.2) is 31.9 Å². The van der Waals surface area contributed by atoms with E-state index in [-0.39, 0.29) is 0 Å². The topological polar surface area (TPSA) is 33.3 Å². The summed E-state index contributed by atoms with van der Waals surface area (Å²) in [6.45, 7) is 5.04. The Morgan fingerprint density at radius 1 is 1.38 bits per heavy atom. The van der Waals surface area contributed by atoms with Crippen LogP contribution in [0.1, 0.15) is 32.6 Å². The lowest BCUT2D eigenvalue weighted by Crippen LogP contribution is -2.38. The summed E-state index contributed by atoms with van der Waals surface area (Å²) in [5.41, 5.74) is 0. The average molecular weight is 244 g/mol. The van der Waals surface area contributed by atoms with Gasteiger partial charge in [0, 0.05) is 26.8 Å². The Balaban J connectivity index is 1.97. The Labute approximate surface area is 104 Å². The molecule has 2 N–H and O–H groups in total. The van der Waals surface area contributed by atoms with Crippen molar-refractivity contribution < 1.29 is 4.74 Å². The van der Waals surface area contributed by atoms with E-state index in [4.69, 9.17) is 17.0 Å². The van der Waals surface area contributed by atoms with Crippen molar-refractivity contribution in [2.45, 2.75) is 32.6 Å². The van der Waals surface area contributed by atoms with Crippen molar-refractivity contribution in [2.75, 3.05) is 26.8 Å². The molecule has 0 bridgehead atoms. The molecule has 2 unspecified atom stereocenters. The number of hydrogen-bond acceptors (Lipinski definition) is 2. The van der Waals surface area contributed by atoms with Gasteiger partial charge in [-0.3, -0.25) is 0 Å². The van der Waals surface area contributed by atoms with Crippen LogP contribution in [0.5, 0.6) is 0 Å². The predicted molar refractivity (Wildman–Crippen MR) is 71.6 cm³/mol. The first-order valence-electron chi connectivity index (χ1n) is 6.23. The van der Waals surface area contributed by atoms with Crippen molar-refractivity contribution in [3.63, 3.8) is 0 Å². The van der Waals surface area contributed by atoms with Crippen molar-refractivity contribution in [1.29, 1.82) is 0 Å². The molecule has 0 amide bonds. The standard InChI is InChI=1S/C12H24N2OS/c1-10-4-5-11(8-10)9-14-12(16)13-6-3-7-15-2/h10-11H,3-9H2,1-2H3,(H2,13,14,16). The lowest BCUT2D eigenvalue weighted by Gasteiger charge is -2.14. The monoisotopic (exact) mass is 244 g/mol. The summed E-state index contributed by atoms with van der Waals surface area (Å²) in [5.74, 6) is 1.71. The molecule has 0 saturated heterocycles. The molecule has 0 spiro atoms. The summed E-state index contributed by atoms with van der Waals surface area (Å²) in [6.07, 6.45) is 5.07. The summed E-state index contributed by atoms with van der Waals surface area (Å²) < 4.78 is 4.97. The highest BCUT2D eigenvalue weighted by molar-refractivity contribution is 7.80. The van der Waals surface area contributed by atoms with E-state index in [1.807, 2.05) is 0 Å². The number of thiocarbonyl (C=S) groups is 1. The van der Waals surface area contributed by atoms with Gasteiger partial charge in [0.05, 0.1) is 0 Å². The Hall–Kier alpha value is -0.350. The van der Waals surface area contributed by atoms with Crippen LogP contribution < -0.4 is 10.6 Å². The first-order chi connectivity index (χ1) is 7.72. The molecule has 0 radical (unpaired) electrons. The number of ether oxygens (including phenoxy) is 1. The third-order valence-corrected chi connectivity index (χ3v) is 3.45. The van der Waals surface area contributed by atoms with E-state index in [2.05, 4.69) is 17.6 Å². The molecule has 0 heterocycles. The zero-order chi connectivity index (χ0) is 11.8. The smallest absolute Gasteiger partial charge is 0.166 e. The molecule has 1 aliphatic carbocycles. The quantitative estimate of drug-likeness (QED) is 0.552. The van der Waals surface area contributed by atoms with E-state index in [1.165, 1.54) is 19.3 Å². The van der Waals surface area contributed by atoms with Gasteiger partial charge in [0.2, 0.25) is 0 Å². The maximum absolute atomic E-state index is 5.20. The van der Waals surface area contributed by atoms with Crippen LogP contribution >= 0.6 is 12.2 Å². The first kappa shape index (κ1) is 13.7. The molecule has 94 valence electrons. The number of hydrogen-bond donors (Lipinski definition) is 2. The molecular formula is C12H24N2OS. The minimum atomic E-state index is 0.787. The molecule has 1 aliphatic rings. The van der Waals surface area contributed by atoms with Gasteiger partial charge in [-0.1, -0.05) is 13.3 Å². The molecule has 0 aromatic rings. The normalized spacial score (nSPS) is 24.4. The Bertz CT molecular complexity index is 211. The van der Waals surface area contributed by atoms with E-state index in [0.29, 0.717) is 0 Å². The molecule has 0 aliphatic heterocycles. The Kier molecular flexibility index (Phi) is 6.73. The van der Waals surface area contributed by atoms with Gasteiger partial charge in [0.25, 0.3) is 0 Å². The fourth-order valence-corrected chi connectivity index (χ4v) is 2.41. The van der Waals surface area contributed by atoms with Gasteiger partial charge in [0.15, 0.2) is 5.11 Å². The summed E-state index contributed by atoms with van der Waals surface area (Å²) >= 11 is 5.20. The molecule has 1 rings (SSSR count). The van der Waals surface area contributed by atoms with Crippen LogP contribution in [-0.2, 0) is 4.74 Å².